The van der Waals surface area contributed by atoms with Gasteiger partial charge in [0.2, 0.25) is 0 Å². The molecule has 0 spiro atoms. The lowest BCUT2D eigenvalue weighted by Crippen LogP contribution is -2.11. The summed E-state index contributed by atoms with van der Waals surface area (Å²) in [5.41, 5.74) is 0. The molecule has 1 heterocycles. The van der Waals surface area contributed by atoms with E-state index in [0.29, 0.717) is 24.7 Å². The highest BCUT2D eigenvalue weighted by Crippen LogP contribution is 2.14. The van der Waals surface area contributed by atoms with Crippen molar-refractivity contribution >= 4 is 0 Å². The molecule has 10 heavy (non-hydrogen) atoms. The van der Waals surface area contributed by atoms with Gasteiger partial charge in [-0.15, -0.1) is 0 Å². The number of allylic oxidation sites excluding steroid dienone is 2. The molecule has 1 rings (SSSR count). The fraction of sp³-hybridized carbons (Fsp3) is 0.250. The third kappa shape index (κ3) is 1.21. The molecule has 1 aliphatic heterocycles. The van der Waals surface area contributed by atoms with Gasteiger partial charge in [0.1, 0.15) is 13.2 Å². The molecule has 0 atom stereocenters. The van der Waals surface area contributed by atoms with Crippen molar-refractivity contribution in [2.75, 3.05) is 13.2 Å². The first-order valence-corrected chi connectivity index (χ1v) is 3.13. The van der Waals surface area contributed by atoms with E-state index in [0.717, 1.165) is 0 Å². The van der Waals surface area contributed by atoms with Gasteiger partial charge in [-0.1, -0.05) is 13.2 Å². The quantitative estimate of drug-likeness (QED) is 0.577. The monoisotopic (exact) mass is 138 g/mol. The Bertz CT molecular complexity index is 160. The van der Waals surface area contributed by atoms with Crippen LogP contribution in [0.15, 0.2) is 36.8 Å². The van der Waals surface area contributed by atoms with E-state index in [4.69, 9.17) is 9.47 Å². The number of ether oxygens (including phenoxy) is 2. The molecule has 0 fully saturated rings. The van der Waals surface area contributed by atoms with Crippen LogP contribution in [0.5, 0.6) is 0 Å². The van der Waals surface area contributed by atoms with Crippen LogP contribution < -0.4 is 0 Å². The van der Waals surface area contributed by atoms with Gasteiger partial charge in [-0.3, -0.25) is 0 Å². The molecule has 54 valence electrons. The Morgan fingerprint density at radius 3 is 1.70 bits per heavy atom. The zero-order valence-corrected chi connectivity index (χ0v) is 5.80. The third-order valence-electron chi connectivity index (χ3n) is 1.21. The van der Waals surface area contributed by atoms with Crippen LogP contribution in [0, 0.1) is 0 Å². The SMILES string of the molecule is C=CC1=C(C=C)OCCO1. The van der Waals surface area contributed by atoms with E-state index in [1.165, 1.54) is 0 Å². The van der Waals surface area contributed by atoms with Crippen molar-refractivity contribution in [2.24, 2.45) is 0 Å². The molecule has 0 aromatic heterocycles. The van der Waals surface area contributed by atoms with Crippen molar-refractivity contribution in [1.29, 1.82) is 0 Å². The Balaban J connectivity index is 2.81. The average molecular weight is 138 g/mol. The van der Waals surface area contributed by atoms with E-state index >= 15 is 0 Å². The van der Waals surface area contributed by atoms with Crippen molar-refractivity contribution in [3.8, 4) is 0 Å². The Morgan fingerprint density at radius 1 is 1.00 bits per heavy atom. The summed E-state index contributed by atoms with van der Waals surface area (Å²) in [6.07, 6.45) is 3.24. The summed E-state index contributed by atoms with van der Waals surface area (Å²) in [5.74, 6) is 1.36. The zero-order chi connectivity index (χ0) is 7.40. The molecule has 0 saturated carbocycles. The van der Waals surface area contributed by atoms with Crippen LogP contribution in [-0.2, 0) is 9.47 Å². The first-order chi connectivity index (χ1) is 4.88. The van der Waals surface area contributed by atoms with E-state index in [-0.39, 0.29) is 0 Å². The average Bonchev–Trinajstić information content (AvgIpc) is 2.04. The Morgan fingerprint density at radius 2 is 1.40 bits per heavy atom. The molecule has 0 aromatic carbocycles. The van der Waals surface area contributed by atoms with Gasteiger partial charge in [0.05, 0.1) is 0 Å². The molecule has 2 heteroatoms. The Labute approximate surface area is 60.4 Å². The summed E-state index contributed by atoms with van der Waals surface area (Å²) in [7, 11) is 0. The van der Waals surface area contributed by atoms with Crippen molar-refractivity contribution in [3.63, 3.8) is 0 Å². The molecule has 0 aliphatic carbocycles. The second kappa shape index (κ2) is 3.11. The van der Waals surface area contributed by atoms with Crippen molar-refractivity contribution < 1.29 is 9.47 Å². The lowest BCUT2D eigenvalue weighted by molar-refractivity contribution is 0.0771. The summed E-state index contributed by atoms with van der Waals surface area (Å²) in [6, 6.07) is 0. The van der Waals surface area contributed by atoms with Gasteiger partial charge in [-0.2, -0.15) is 0 Å². The number of rotatable bonds is 2. The molecule has 0 amide bonds. The minimum absolute atomic E-state index is 0.596. The first kappa shape index (κ1) is 6.93. The van der Waals surface area contributed by atoms with Gasteiger partial charge < -0.3 is 9.47 Å². The van der Waals surface area contributed by atoms with Gasteiger partial charge in [0.15, 0.2) is 11.5 Å². The highest BCUT2D eigenvalue weighted by molar-refractivity contribution is 5.22. The predicted octanol–water partition coefficient (Wildman–Crippen LogP) is 1.62. The minimum atomic E-state index is 0.596. The lowest BCUT2D eigenvalue weighted by atomic mass is 10.3. The second-order valence-electron chi connectivity index (χ2n) is 1.83. The molecule has 0 unspecified atom stereocenters. The van der Waals surface area contributed by atoms with E-state index in [2.05, 4.69) is 13.2 Å². The van der Waals surface area contributed by atoms with Crippen LogP contribution in [0.3, 0.4) is 0 Å². The molecule has 0 saturated heterocycles. The van der Waals surface area contributed by atoms with E-state index in [1.807, 2.05) is 0 Å². The van der Waals surface area contributed by atoms with Crippen LogP contribution in [0.25, 0.3) is 0 Å². The van der Waals surface area contributed by atoms with Crippen LogP contribution in [0.2, 0.25) is 0 Å². The summed E-state index contributed by atoms with van der Waals surface area (Å²) in [5, 5.41) is 0. The van der Waals surface area contributed by atoms with Gasteiger partial charge in [0, 0.05) is 0 Å². The molecule has 0 N–H and O–H groups in total. The fourth-order valence-electron chi connectivity index (χ4n) is 0.765. The smallest absolute Gasteiger partial charge is 0.160 e. The normalized spacial score (nSPS) is 17.2. The number of hydrogen-bond donors (Lipinski definition) is 0. The fourth-order valence-corrected chi connectivity index (χ4v) is 0.765. The van der Waals surface area contributed by atoms with Crippen LogP contribution in [-0.4, -0.2) is 13.2 Å². The summed E-state index contributed by atoms with van der Waals surface area (Å²) in [4.78, 5) is 0. The maximum absolute atomic E-state index is 5.20. The molecule has 0 radical (unpaired) electrons. The molecule has 1 aliphatic rings. The zero-order valence-electron chi connectivity index (χ0n) is 5.80. The van der Waals surface area contributed by atoms with Gasteiger partial charge >= 0.3 is 0 Å². The van der Waals surface area contributed by atoms with E-state index in [1.54, 1.807) is 12.2 Å². The topological polar surface area (TPSA) is 18.5 Å². The summed E-state index contributed by atoms with van der Waals surface area (Å²) < 4.78 is 10.4. The van der Waals surface area contributed by atoms with Gasteiger partial charge in [-0.25, -0.2) is 0 Å². The molecular weight excluding hydrogens is 128 g/mol. The second-order valence-corrected chi connectivity index (χ2v) is 1.83. The minimum Gasteiger partial charge on any atom is -0.486 e. The maximum atomic E-state index is 5.20. The summed E-state index contributed by atoms with van der Waals surface area (Å²) >= 11 is 0. The van der Waals surface area contributed by atoms with E-state index in [9.17, 15) is 0 Å². The number of hydrogen-bond acceptors (Lipinski definition) is 2. The van der Waals surface area contributed by atoms with Gasteiger partial charge in [-0.05, 0) is 12.2 Å². The predicted molar refractivity (Wildman–Crippen MR) is 39.3 cm³/mol. The highest BCUT2D eigenvalue weighted by atomic mass is 16.6. The van der Waals surface area contributed by atoms with Crippen LogP contribution in [0.4, 0.5) is 0 Å². The molecule has 0 aromatic rings. The van der Waals surface area contributed by atoms with Crippen molar-refractivity contribution in [3.05, 3.63) is 36.8 Å². The Kier molecular flexibility index (Phi) is 2.15. The van der Waals surface area contributed by atoms with Crippen LogP contribution >= 0.6 is 0 Å². The first-order valence-electron chi connectivity index (χ1n) is 3.13. The van der Waals surface area contributed by atoms with E-state index < -0.39 is 0 Å². The maximum Gasteiger partial charge on any atom is 0.160 e. The standard InChI is InChI=1S/C8H10O2/c1-3-7-8(4-2)10-6-5-9-7/h3-4H,1-2,5-6H2. The molecular formula is C8H10O2. The highest BCUT2D eigenvalue weighted by Gasteiger charge is 2.08. The third-order valence-corrected chi connectivity index (χ3v) is 1.21. The molecule has 0 bridgehead atoms. The molecule has 2 nitrogen and oxygen atoms in total. The van der Waals surface area contributed by atoms with Crippen LogP contribution in [0.1, 0.15) is 0 Å². The summed E-state index contributed by atoms with van der Waals surface area (Å²) in [6.45, 7) is 8.34. The Hall–Kier alpha value is -1.18. The van der Waals surface area contributed by atoms with Crippen molar-refractivity contribution in [2.45, 2.75) is 0 Å². The largest absolute Gasteiger partial charge is 0.486 e. The lowest BCUT2D eigenvalue weighted by Gasteiger charge is -2.17. The van der Waals surface area contributed by atoms with Crippen molar-refractivity contribution in [1.82, 2.24) is 0 Å². The van der Waals surface area contributed by atoms with Gasteiger partial charge in [0.25, 0.3) is 0 Å².